The van der Waals surface area contributed by atoms with Gasteiger partial charge in [0.25, 0.3) is 0 Å². The second-order valence-electron chi connectivity index (χ2n) is 3.33. The van der Waals surface area contributed by atoms with Crippen LogP contribution in [0.2, 0.25) is 0 Å². The third-order valence-corrected chi connectivity index (χ3v) is 2.20. The number of hydrogen-bond acceptors (Lipinski definition) is 3. The molecule has 0 aliphatic heterocycles. The molecule has 1 aromatic carbocycles. The summed E-state index contributed by atoms with van der Waals surface area (Å²) in [5, 5.41) is 2.68. The van der Waals surface area contributed by atoms with Gasteiger partial charge in [-0.15, -0.1) is 0 Å². The van der Waals surface area contributed by atoms with E-state index < -0.39 is 23.6 Å². The molecule has 3 nitrogen and oxygen atoms in total. The van der Waals surface area contributed by atoms with Crippen LogP contribution in [0.5, 0.6) is 0 Å². The van der Waals surface area contributed by atoms with Crippen LogP contribution in [0.4, 0.5) is 8.78 Å². The first-order valence-electron chi connectivity index (χ1n) is 4.80. The Morgan fingerprint density at radius 3 is 2.50 bits per heavy atom. The van der Waals surface area contributed by atoms with E-state index in [1.54, 1.807) is 6.92 Å². The summed E-state index contributed by atoms with van der Waals surface area (Å²) in [4.78, 5) is 11.0. The number of methoxy groups -OCH3 is 1. The number of rotatable bonds is 4. The molecular weight excluding hydrogens is 216 g/mol. The molecule has 0 unspecified atom stereocenters. The summed E-state index contributed by atoms with van der Waals surface area (Å²) in [7, 11) is 1.25. The van der Waals surface area contributed by atoms with Crippen molar-refractivity contribution in [3.05, 3.63) is 35.4 Å². The molecule has 0 aliphatic rings. The minimum Gasteiger partial charge on any atom is -0.468 e. The Balaban J connectivity index is 2.64. The Morgan fingerprint density at radius 2 is 2.00 bits per heavy atom. The fraction of sp³-hybridized carbons (Fsp3) is 0.364. The lowest BCUT2D eigenvalue weighted by atomic mass is 10.2. The molecule has 1 N–H and O–H groups in total. The molecule has 5 heteroatoms. The fourth-order valence-corrected chi connectivity index (χ4v) is 1.22. The quantitative estimate of drug-likeness (QED) is 0.797. The zero-order valence-electron chi connectivity index (χ0n) is 9.09. The van der Waals surface area contributed by atoms with Gasteiger partial charge in [-0.3, -0.25) is 4.79 Å². The highest BCUT2D eigenvalue weighted by Crippen LogP contribution is 2.11. The topological polar surface area (TPSA) is 38.3 Å². The lowest BCUT2D eigenvalue weighted by Crippen LogP contribution is -2.34. The van der Waals surface area contributed by atoms with Crippen LogP contribution in [0.3, 0.4) is 0 Å². The highest BCUT2D eigenvalue weighted by atomic mass is 19.1. The fourth-order valence-electron chi connectivity index (χ4n) is 1.22. The lowest BCUT2D eigenvalue weighted by molar-refractivity contribution is -0.142. The van der Waals surface area contributed by atoms with Gasteiger partial charge in [-0.2, -0.15) is 0 Å². The molecule has 0 saturated carbocycles. The lowest BCUT2D eigenvalue weighted by Gasteiger charge is -2.12. The molecule has 0 aromatic heterocycles. The molecule has 0 heterocycles. The SMILES string of the molecule is COC(=O)[C@@H](C)NCc1c(F)cccc1F. The summed E-state index contributed by atoms with van der Waals surface area (Å²) in [5.41, 5.74) is -0.0850. The molecule has 0 amide bonds. The summed E-state index contributed by atoms with van der Waals surface area (Å²) in [5.74, 6) is -1.74. The largest absolute Gasteiger partial charge is 0.468 e. The smallest absolute Gasteiger partial charge is 0.322 e. The van der Waals surface area contributed by atoms with Crippen LogP contribution in [0, 0.1) is 11.6 Å². The summed E-state index contributed by atoms with van der Waals surface area (Å²) >= 11 is 0. The summed E-state index contributed by atoms with van der Waals surface area (Å²) in [6.07, 6.45) is 0. The minimum absolute atomic E-state index is 0.0607. The van der Waals surface area contributed by atoms with E-state index in [9.17, 15) is 13.6 Å². The van der Waals surface area contributed by atoms with Crippen molar-refractivity contribution in [1.29, 1.82) is 0 Å². The van der Waals surface area contributed by atoms with E-state index in [0.717, 1.165) is 0 Å². The molecule has 1 atom stereocenters. The predicted octanol–water partition coefficient (Wildman–Crippen LogP) is 1.62. The van der Waals surface area contributed by atoms with Crippen LogP contribution in [0.15, 0.2) is 18.2 Å². The van der Waals surface area contributed by atoms with E-state index in [-0.39, 0.29) is 12.1 Å². The van der Waals surface area contributed by atoms with Crippen molar-refractivity contribution < 1.29 is 18.3 Å². The number of hydrogen-bond donors (Lipinski definition) is 1. The first kappa shape index (κ1) is 12.6. The molecule has 0 fully saturated rings. The highest BCUT2D eigenvalue weighted by molar-refractivity contribution is 5.75. The molecule has 88 valence electrons. The standard InChI is InChI=1S/C11H13F2NO2/c1-7(11(15)16-2)14-6-8-9(12)4-3-5-10(8)13/h3-5,7,14H,6H2,1-2H3/t7-/m1/s1. The van der Waals surface area contributed by atoms with Gasteiger partial charge in [0, 0.05) is 12.1 Å². The van der Waals surface area contributed by atoms with Crippen molar-refractivity contribution in [2.45, 2.75) is 19.5 Å². The van der Waals surface area contributed by atoms with E-state index in [1.165, 1.54) is 25.3 Å². The molecule has 0 bridgehead atoms. The zero-order valence-corrected chi connectivity index (χ0v) is 9.09. The molecular formula is C11H13F2NO2. The average Bonchev–Trinajstić information content (AvgIpc) is 2.27. The van der Waals surface area contributed by atoms with Crippen molar-refractivity contribution in [2.75, 3.05) is 7.11 Å². The van der Waals surface area contributed by atoms with Gasteiger partial charge in [-0.05, 0) is 19.1 Å². The maximum Gasteiger partial charge on any atom is 0.322 e. The molecule has 0 saturated heterocycles. The average molecular weight is 229 g/mol. The Bertz CT molecular complexity index is 362. The maximum absolute atomic E-state index is 13.2. The second kappa shape index (κ2) is 5.55. The van der Waals surface area contributed by atoms with Gasteiger partial charge in [-0.25, -0.2) is 8.78 Å². The highest BCUT2D eigenvalue weighted by Gasteiger charge is 2.14. The van der Waals surface area contributed by atoms with Gasteiger partial charge in [0.1, 0.15) is 17.7 Å². The maximum atomic E-state index is 13.2. The van der Waals surface area contributed by atoms with E-state index in [0.29, 0.717) is 0 Å². The van der Waals surface area contributed by atoms with Crippen molar-refractivity contribution in [2.24, 2.45) is 0 Å². The van der Waals surface area contributed by atoms with Crippen LogP contribution in [0.25, 0.3) is 0 Å². The van der Waals surface area contributed by atoms with Gasteiger partial charge in [0.15, 0.2) is 0 Å². The number of halogens is 2. The molecule has 1 rings (SSSR count). The van der Waals surface area contributed by atoms with Gasteiger partial charge in [0.05, 0.1) is 7.11 Å². The monoisotopic (exact) mass is 229 g/mol. The van der Waals surface area contributed by atoms with Crippen LogP contribution in [0.1, 0.15) is 12.5 Å². The number of benzene rings is 1. The zero-order chi connectivity index (χ0) is 12.1. The summed E-state index contributed by atoms with van der Waals surface area (Å²) in [6, 6.07) is 3.02. The Morgan fingerprint density at radius 1 is 1.44 bits per heavy atom. The van der Waals surface area contributed by atoms with Gasteiger partial charge < -0.3 is 10.1 Å². The van der Waals surface area contributed by atoms with Crippen molar-refractivity contribution >= 4 is 5.97 Å². The number of esters is 1. The van der Waals surface area contributed by atoms with Crippen molar-refractivity contribution in [3.63, 3.8) is 0 Å². The first-order chi connectivity index (χ1) is 7.56. The third-order valence-electron chi connectivity index (χ3n) is 2.20. The van der Waals surface area contributed by atoms with Crippen LogP contribution in [-0.2, 0) is 16.1 Å². The first-order valence-corrected chi connectivity index (χ1v) is 4.80. The van der Waals surface area contributed by atoms with Crippen LogP contribution < -0.4 is 5.32 Å². The van der Waals surface area contributed by atoms with Gasteiger partial charge in [0.2, 0.25) is 0 Å². The van der Waals surface area contributed by atoms with Gasteiger partial charge in [-0.1, -0.05) is 6.07 Å². The van der Waals surface area contributed by atoms with Crippen LogP contribution >= 0.6 is 0 Å². The summed E-state index contributed by atoms with van der Waals surface area (Å²) < 4.78 is 30.8. The van der Waals surface area contributed by atoms with E-state index in [4.69, 9.17) is 0 Å². The number of carbonyl (C=O) groups excluding carboxylic acids is 1. The summed E-state index contributed by atoms with van der Waals surface area (Å²) in [6.45, 7) is 1.50. The number of carbonyl (C=O) groups is 1. The normalized spacial score (nSPS) is 12.2. The predicted molar refractivity (Wildman–Crippen MR) is 54.7 cm³/mol. The molecule has 0 spiro atoms. The Hall–Kier alpha value is -1.49. The third kappa shape index (κ3) is 3.00. The van der Waals surface area contributed by atoms with E-state index in [1.807, 2.05) is 0 Å². The van der Waals surface area contributed by atoms with Crippen LogP contribution in [-0.4, -0.2) is 19.1 Å². The molecule has 0 radical (unpaired) electrons. The second-order valence-corrected chi connectivity index (χ2v) is 3.33. The van der Waals surface area contributed by atoms with E-state index in [2.05, 4.69) is 10.1 Å². The van der Waals surface area contributed by atoms with Crippen molar-refractivity contribution in [3.8, 4) is 0 Å². The van der Waals surface area contributed by atoms with E-state index >= 15 is 0 Å². The van der Waals surface area contributed by atoms with Gasteiger partial charge >= 0.3 is 5.97 Å². The Labute approximate surface area is 92.4 Å². The molecule has 1 aromatic rings. The Kier molecular flexibility index (Phi) is 4.37. The number of ether oxygens (including phenoxy) is 1. The molecule has 0 aliphatic carbocycles. The minimum atomic E-state index is -0.635. The number of nitrogens with one attached hydrogen (secondary N) is 1. The van der Waals surface area contributed by atoms with Crippen molar-refractivity contribution in [1.82, 2.24) is 5.32 Å². The molecule has 16 heavy (non-hydrogen) atoms.